The maximum Gasteiger partial charge on any atom is 0.271 e. The van der Waals surface area contributed by atoms with E-state index in [9.17, 15) is 10.1 Å². The molecule has 2 aliphatic rings. The lowest BCUT2D eigenvalue weighted by molar-refractivity contribution is -0.384. The fourth-order valence-electron chi connectivity index (χ4n) is 4.90. The molecule has 5 rings (SSSR count). The van der Waals surface area contributed by atoms with Gasteiger partial charge in [0.25, 0.3) is 5.69 Å². The van der Waals surface area contributed by atoms with Gasteiger partial charge in [0.05, 0.1) is 33.3 Å². The van der Waals surface area contributed by atoms with Crippen molar-refractivity contribution in [2.45, 2.75) is 25.0 Å². The number of allylic oxidation sites excluding steroid dienone is 2. The highest BCUT2D eigenvalue weighted by molar-refractivity contribution is 9.10. The number of rotatable bonds is 6. The van der Waals surface area contributed by atoms with E-state index in [1.807, 2.05) is 36.4 Å². The lowest BCUT2D eigenvalue weighted by Crippen LogP contribution is -2.29. The summed E-state index contributed by atoms with van der Waals surface area (Å²) in [7, 11) is 1.60. The number of nitro groups is 1. The minimum absolute atomic E-state index is 0.00233. The monoisotopic (exact) mass is 574 g/mol. The van der Waals surface area contributed by atoms with E-state index in [1.54, 1.807) is 13.2 Å². The van der Waals surface area contributed by atoms with E-state index in [1.165, 1.54) is 6.07 Å². The molecule has 0 bridgehead atoms. The molecule has 3 aromatic carbocycles. The molecular weight excluding hydrogens is 555 g/mol. The summed E-state index contributed by atoms with van der Waals surface area (Å²) in [6.45, 7) is 0.298. The first-order valence-corrected chi connectivity index (χ1v) is 12.6. The lowest BCUT2D eigenvalue weighted by Gasteiger charge is -2.38. The van der Waals surface area contributed by atoms with Crippen molar-refractivity contribution in [1.29, 1.82) is 0 Å². The minimum atomic E-state index is -0.407. The van der Waals surface area contributed by atoms with E-state index in [0.29, 0.717) is 28.2 Å². The second-order valence-electron chi connectivity index (χ2n) is 8.54. The molecule has 3 atom stereocenters. The molecule has 35 heavy (non-hydrogen) atoms. The first kappa shape index (κ1) is 24.0. The van der Waals surface area contributed by atoms with E-state index in [2.05, 4.69) is 33.4 Å². The van der Waals surface area contributed by atoms with E-state index >= 15 is 0 Å². The average molecular weight is 576 g/mol. The number of anilines is 1. The van der Waals surface area contributed by atoms with Crippen molar-refractivity contribution >= 4 is 50.5 Å². The van der Waals surface area contributed by atoms with Gasteiger partial charge in [0.1, 0.15) is 6.61 Å². The van der Waals surface area contributed by atoms with Gasteiger partial charge in [0.15, 0.2) is 11.5 Å². The summed E-state index contributed by atoms with van der Waals surface area (Å²) in [5.41, 5.74) is 3.45. The highest BCUT2D eigenvalue weighted by Crippen LogP contribution is 2.53. The van der Waals surface area contributed by atoms with Crippen molar-refractivity contribution in [2.75, 3.05) is 12.4 Å². The smallest absolute Gasteiger partial charge is 0.271 e. The van der Waals surface area contributed by atoms with Crippen LogP contribution >= 0.6 is 39.1 Å². The molecule has 0 unspecified atom stereocenters. The zero-order valence-corrected chi connectivity index (χ0v) is 21.7. The molecular formula is C26H21BrCl2N2O4. The summed E-state index contributed by atoms with van der Waals surface area (Å²) in [6, 6.07) is 14.5. The Bertz CT molecular complexity index is 1350. The number of methoxy groups -OCH3 is 1. The normalized spacial score (nSPS) is 20.1. The molecule has 0 amide bonds. The van der Waals surface area contributed by atoms with Crippen LogP contribution in [-0.2, 0) is 6.61 Å². The fourth-order valence-corrected chi connectivity index (χ4v) is 5.94. The number of benzene rings is 3. The number of non-ortho nitro benzene ring substituents is 1. The summed E-state index contributed by atoms with van der Waals surface area (Å²) in [5, 5.41) is 15.9. The zero-order chi connectivity index (χ0) is 24.7. The number of nitrogens with zero attached hydrogens (tertiary/aromatic N) is 1. The number of nitro benzene ring substituents is 1. The van der Waals surface area contributed by atoms with E-state index in [4.69, 9.17) is 32.7 Å². The van der Waals surface area contributed by atoms with Gasteiger partial charge in [-0.1, -0.05) is 53.6 Å². The molecule has 3 aromatic rings. The third-order valence-corrected chi connectivity index (χ3v) is 7.81. The summed E-state index contributed by atoms with van der Waals surface area (Å²) in [6.07, 6.45) is 5.08. The predicted octanol–water partition coefficient (Wildman–Crippen LogP) is 8.08. The number of ether oxygens (including phenoxy) is 2. The second-order valence-corrected chi connectivity index (χ2v) is 10.2. The van der Waals surface area contributed by atoms with E-state index < -0.39 is 4.92 Å². The Hall–Kier alpha value is -2.74. The molecule has 0 saturated heterocycles. The van der Waals surface area contributed by atoms with Gasteiger partial charge in [-0.3, -0.25) is 10.1 Å². The van der Waals surface area contributed by atoms with Gasteiger partial charge in [0.2, 0.25) is 0 Å². The minimum Gasteiger partial charge on any atom is -0.493 e. The molecule has 1 aliphatic heterocycles. The molecule has 0 radical (unpaired) electrons. The summed E-state index contributed by atoms with van der Waals surface area (Å²) in [4.78, 5) is 11.0. The molecule has 1 aliphatic carbocycles. The SMILES string of the molecule is COc1cc([C@@H]2Nc3c(Cl)cc([N+](=O)[O-])cc3[C@@H]3C=CC[C@H]32)cc(Br)c1OCc1ccccc1Cl. The maximum atomic E-state index is 11.4. The van der Waals surface area contributed by atoms with E-state index in [-0.39, 0.29) is 23.6 Å². The Morgan fingerprint density at radius 3 is 2.71 bits per heavy atom. The fraction of sp³-hybridized carbons (Fsp3) is 0.231. The third kappa shape index (κ3) is 4.48. The van der Waals surface area contributed by atoms with Crippen LogP contribution in [0.4, 0.5) is 11.4 Å². The molecule has 1 heterocycles. The van der Waals surface area contributed by atoms with Gasteiger partial charge in [-0.05, 0) is 57.6 Å². The highest BCUT2D eigenvalue weighted by Gasteiger charge is 2.40. The largest absolute Gasteiger partial charge is 0.493 e. The number of fused-ring (bicyclic) bond motifs is 3. The summed E-state index contributed by atoms with van der Waals surface area (Å²) in [5.74, 6) is 1.37. The third-order valence-electron chi connectivity index (χ3n) is 6.56. The zero-order valence-electron chi connectivity index (χ0n) is 18.6. The quantitative estimate of drug-likeness (QED) is 0.183. The van der Waals surface area contributed by atoms with Crippen LogP contribution in [0.3, 0.4) is 0 Å². The number of hydrogen-bond donors (Lipinski definition) is 1. The van der Waals surface area contributed by atoms with Crippen LogP contribution in [0, 0.1) is 16.0 Å². The second kappa shape index (κ2) is 9.72. The molecule has 6 nitrogen and oxygen atoms in total. The van der Waals surface area contributed by atoms with Gasteiger partial charge >= 0.3 is 0 Å². The van der Waals surface area contributed by atoms with Crippen LogP contribution < -0.4 is 14.8 Å². The first-order valence-electron chi connectivity index (χ1n) is 11.0. The molecule has 0 saturated carbocycles. The van der Waals surface area contributed by atoms with Crippen LogP contribution in [0.15, 0.2) is 65.2 Å². The number of nitrogens with one attached hydrogen (secondary N) is 1. The van der Waals surface area contributed by atoms with Crippen LogP contribution in [0.5, 0.6) is 11.5 Å². The molecule has 9 heteroatoms. The lowest BCUT2D eigenvalue weighted by atomic mass is 9.77. The van der Waals surface area contributed by atoms with Crippen molar-refractivity contribution in [2.24, 2.45) is 5.92 Å². The number of halogens is 3. The van der Waals surface area contributed by atoms with Gasteiger partial charge in [0, 0.05) is 28.6 Å². The van der Waals surface area contributed by atoms with Gasteiger partial charge in [-0.2, -0.15) is 0 Å². The van der Waals surface area contributed by atoms with Crippen LogP contribution in [0.2, 0.25) is 10.0 Å². The Labute approximate surface area is 221 Å². The van der Waals surface area contributed by atoms with Crippen molar-refractivity contribution in [1.82, 2.24) is 0 Å². The van der Waals surface area contributed by atoms with Gasteiger partial charge < -0.3 is 14.8 Å². The Morgan fingerprint density at radius 2 is 1.97 bits per heavy atom. The van der Waals surface area contributed by atoms with Gasteiger partial charge in [-0.15, -0.1) is 0 Å². The topological polar surface area (TPSA) is 73.6 Å². The molecule has 0 spiro atoms. The maximum absolute atomic E-state index is 11.4. The Balaban J connectivity index is 1.49. The van der Waals surface area contributed by atoms with E-state index in [0.717, 1.165) is 33.3 Å². The Kier molecular flexibility index (Phi) is 6.66. The van der Waals surface area contributed by atoms with Crippen LogP contribution in [-0.4, -0.2) is 12.0 Å². The Morgan fingerprint density at radius 1 is 1.17 bits per heavy atom. The molecule has 0 fully saturated rings. The standard InChI is InChI=1S/C26H21BrCl2N2O4/c1-34-23-10-15(9-20(27)26(23)35-13-14-5-2-3-8-21(14)28)24-18-7-4-6-17(18)19-11-16(31(32)33)12-22(29)25(19)30-24/h2-6,8-12,17-18,24,30H,7,13H2,1H3/t17-,18-,24+/m1/s1. The first-order chi connectivity index (χ1) is 16.9. The van der Waals surface area contributed by atoms with Crippen molar-refractivity contribution in [3.8, 4) is 11.5 Å². The van der Waals surface area contributed by atoms with Crippen LogP contribution in [0.25, 0.3) is 0 Å². The summed E-state index contributed by atoms with van der Waals surface area (Å²) >= 11 is 16.4. The molecule has 180 valence electrons. The number of hydrogen-bond acceptors (Lipinski definition) is 5. The van der Waals surface area contributed by atoms with Crippen molar-refractivity contribution < 1.29 is 14.4 Å². The predicted molar refractivity (Wildman–Crippen MR) is 141 cm³/mol. The molecule has 1 N–H and O–H groups in total. The van der Waals surface area contributed by atoms with Gasteiger partial charge in [-0.25, -0.2) is 0 Å². The van der Waals surface area contributed by atoms with Crippen molar-refractivity contribution in [3.63, 3.8) is 0 Å². The average Bonchev–Trinajstić information content (AvgIpc) is 3.33. The summed E-state index contributed by atoms with van der Waals surface area (Å²) < 4.78 is 12.5. The van der Waals surface area contributed by atoms with Crippen LogP contribution in [0.1, 0.15) is 35.1 Å². The molecule has 0 aromatic heterocycles. The van der Waals surface area contributed by atoms with Crippen molar-refractivity contribution in [3.05, 3.63) is 102 Å². The highest BCUT2D eigenvalue weighted by atomic mass is 79.9.